The lowest BCUT2D eigenvalue weighted by Crippen LogP contribution is -2.37. The molecule has 4 rings (SSSR count). The van der Waals surface area contributed by atoms with E-state index in [0.717, 1.165) is 11.8 Å². The van der Waals surface area contributed by atoms with Crippen molar-refractivity contribution in [3.05, 3.63) is 58.4 Å². The van der Waals surface area contributed by atoms with Crippen LogP contribution in [0.1, 0.15) is 35.6 Å². The molecule has 4 atom stereocenters. The van der Waals surface area contributed by atoms with Gasteiger partial charge in [-0.15, -0.1) is 11.8 Å². The number of amides is 1. The van der Waals surface area contributed by atoms with Crippen LogP contribution in [-0.2, 0) is 21.3 Å². The number of thioether (sulfide) groups is 1. The molecule has 4 N–H and O–H groups in total. The molecule has 0 aliphatic carbocycles. The maximum atomic E-state index is 14.7. The predicted molar refractivity (Wildman–Crippen MR) is 116 cm³/mol. The number of ether oxygens (including phenoxy) is 2. The summed E-state index contributed by atoms with van der Waals surface area (Å²) in [4.78, 5) is 13.8. The highest BCUT2D eigenvalue weighted by Gasteiger charge is 2.39. The van der Waals surface area contributed by atoms with Gasteiger partial charge in [0.15, 0.2) is 0 Å². The SMILES string of the molecule is CO[C@H]1CO[C@H](c2c(N3C(C(N)=O)=CSC3c3c(F)cccc3F)cnn2C)CC[C@H]1N. The molecule has 1 saturated heterocycles. The van der Waals surface area contributed by atoms with Crippen molar-refractivity contribution in [3.8, 4) is 0 Å². The van der Waals surface area contributed by atoms with Gasteiger partial charge in [-0.2, -0.15) is 5.10 Å². The van der Waals surface area contributed by atoms with E-state index in [9.17, 15) is 13.6 Å². The second kappa shape index (κ2) is 9.18. The van der Waals surface area contributed by atoms with Crippen LogP contribution >= 0.6 is 11.8 Å². The van der Waals surface area contributed by atoms with E-state index in [1.165, 1.54) is 28.5 Å². The molecule has 1 amide bonds. The lowest BCUT2D eigenvalue weighted by molar-refractivity contribution is -0.114. The van der Waals surface area contributed by atoms with Crippen molar-refractivity contribution < 1.29 is 23.0 Å². The molecule has 11 heteroatoms. The van der Waals surface area contributed by atoms with Gasteiger partial charge >= 0.3 is 0 Å². The lowest BCUT2D eigenvalue weighted by Gasteiger charge is -2.30. The van der Waals surface area contributed by atoms with Crippen molar-refractivity contribution in [2.45, 2.75) is 36.5 Å². The fourth-order valence-corrected chi connectivity index (χ4v) is 5.35. The Morgan fingerprint density at radius 3 is 2.69 bits per heavy atom. The summed E-state index contributed by atoms with van der Waals surface area (Å²) in [5, 5.41) is 4.99. The Morgan fingerprint density at radius 2 is 2.03 bits per heavy atom. The van der Waals surface area contributed by atoms with Crippen molar-refractivity contribution in [2.24, 2.45) is 18.5 Å². The Morgan fingerprint density at radius 1 is 1.31 bits per heavy atom. The molecular weight excluding hydrogens is 440 g/mol. The number of aromatic nitrogens is 2. The quantitative estimate of drug-likeness (QED) is 0.698. The van der Waals surface area contributed by atoms with Gasteiger partial charge in [0.05, 0.1) is 35.9 Å². The normalized spacial score (nSPS) is 26.2. The van der Waals surface area contributed by atoms with E-state index in [2.05, 4.69) is 5.10 Å². The van der Waals surface area contributed by atoms with Crippen molar-refractivity contribution in [2.75, 3.05) is 18.6 Å². The molecule has 1 aromatic carbocycles. The van der Waals surface area contributed by atoms with Crippen LogP contribution in [0.25, 0.3) is 0 Å². The average Bonchev–Trinajstić information content (AvgIpc) is 3.29. The zero-order valence-electron chi connectivity index (χ0n) is 17.7. The summed E-state index contributed by atoms with van der Waals surface area (Å²) in [6.45, 7) is 0.283. The van der Waals surface area contributed by atoms with E-state index in [1.54, 1.807) is 25.0 Å². The number of methoxy groups -OCH3 is 1. The summed E-state index contributed by atoms with van der Waals surface area (Å²) < 4.78 is 42.5. The summed E-state index contributed by atoms with van der Waals surface area (Å²) in [5.41, 5.74) is 12.9. The molecule has 2 aliphatic rings. The topological polar surface area (TPSA) is 109 Å². The molecular formula is C21H25F2N5O3S. The largest absolute Gasteiger partial charge is 0.377 e. The predicted octanol–water partition coefficient (Wildman–Crippen LogP) is 2.47. The molecule has 172 valence electrons. The van der Waals surface area contributed by atoms with Gasteiger partial charge in [0, 0.05) is 25.6 Å². The molecule has 32 heavy (non-hydrogen) atoms. The van der Waals surface area contributed by atoms with Gasteiger partial charge in [0.25, 0.3) is 5.91 Å². The Kier molecular flexibility index (Phi) is 6.52. The smallest absolute Gasteiger partial charge is 0.265 e. The van der Waals surface area contributed by atoms with Crippen LogP contribution in [0.4, 0.5) is 14.5 Å². The number of nitrogens with two attached hydrogens (primary N) is 2. The zero-order valence-corrected chi connectivity index (χ0v) is 18.5. The number of hydrogen-bond acceptors (Lipinski definition) is 7. The van der Waals surface area contributed by atoms with E-state index >= 15 is 0 Å². The molecule has 3 heterocycles. The zero-order chi connectivity index (χ0) is 23.0. The number of primary amides is 1. The fraction of sp³-hybridized carbons (Fsp3) is 0.429. The Hall–Kier alpha value is -2.47. The van der Waals surface area contributed by atoms with Gasteiger partial charge in [-0.05, 0) is 25.0 Å². The Labute approximate surface area is 188 Å². The van der Waals surface area contributed by atoms with Crippen LogP contribution < -0.4 is 16.4 Å². The molecule has 1 unspecified atom stereocenters. The molecule has 1 fully saturated rings. The summed E-state index contributed by atoms with van der Waals surface area (Å²) in [6, 6.07) is 3.48. The van der Waals surface area contributed by atoms with Crippen LogP contribution in [0.5, 0.6) is 0 Å². The van der Waals surface area contributed by atoms with Crippen LogP contribution in [0.3, 0.4) is 0 Å². The minimum absolute atomic E-state index is 0.122. The minimum Gasteiger partial charge on any atom is -0.377 e. The second-order valence-corrected chi connectivity index (χ2v) is 8.69. The number of hydrogen-bond donors (Lipinski definition) is 2. The number of nitrogens with zero attached hydrogens (tertiary/aromatic N) is 3. The van der Waals surface area contributed by atoms with Gasteiger partial charge in [0.2, 0.25) is 0 Å². The van der Waals surface area contributed by atoms with E-state index < -0.39 is 29.0 Å². The number of carbonyl (C=O) groups is 1. The van der Waals surface area contributed by atoms with Gasteiger partial charge in [0.1, 0.15) is 28.8 Å². The van der Waals surface area contributed by atoms with Gasteiger partial charge < -0.3 is 25.8 Å². The van der Waals surface area contributed by atoms with E-state index in [-0.39, 0.29) is 30.0 Å². The highest BCUT2D eigenvalue weighted by atomic mass is 32.2. The van der Waals surface area contributed by atoms with Crippen molar-refractivity contribution in [3.63, 3.8) is 0 Å². The Bertz CT molecular complexity index is 1030. The van der Waals surface area contributed by atoms with Crippen molar-refractivity contribution >= 4 is 23.4 Å². The summed E-state index contributed by atoms with van der Waals surface area (Å²) in [7, 11) is 3.33. The number of halogens is 2. The van der Waals surface area contributed by atoms with Gasteiger partial charge in [-0.1, -0.05) is 6.07 Å². The average molecular weight is 466 g/mol. The van der Waals surface area contributed by atoms with Gasteiger partial charge in [-0.3, -0.25) is 9.48 Å². The first-order valence-corrected chi connectivity index (χ1v) is 11.1. The number of rotatable bonds is 5. The minimum atomic E-state index is -0.874. The first kappa shape index (κ1) is 22.7. The number of benzene rings is 1. The molecule has 1 aromatic heterocycles. The van der Waals surface area contributed by atoms with E-state index in [4.69, 9.17) is 20.9 Å². The summed E-state index contributed by atoms with van der Waals surface area (Å²) in [5.74, 6) is -2.14. The van der Waals surface area contributed by atoms with Gasteiger partial charge in [-0.25, -0.2) is 8.78 Å². The molecule has 0 saturated carbocycles. The molecule has 0 radical (unpaired) electrons. The molecule has 0 bridgehead atoms. The Balaban J connectivity index is 1.77. The number of anilines is 1. The third kappa shape index (κ3) is 4.01. The first-order valence-electron chi connectivity index (χ1n) is 10.1. The molecule has 2 aromatic rings. The standard InChI is InChI=1S/C21H25F2N5O3S/c1-27-19(16-7-6-13(24)17(30-2)9-31-16)14(8-26-27)28-15(20(25)29)10-32-21(28)18-11(22)4-3-5-12(18)23/h3-5,8,10,13,16-17,21H,6-7,9,24H2,1-2H3,(H2,25,29)/t13-,16+,17+,21?/m1/s1. The molecule has 0 spiro atoms. The lowest BCUT2D eigenvalue weighted by atomic mass is 10.0. The summed E-state index contributed by atoms with van der Waals surface area (Å²) in [6.07, 6.45) is 2.12. The monoisotopic (exact) mass is 465 g/mol. The molecule has 2 aliphatic heterocycles. The highest BCUT2D eigenvalue weighted by Crippen LogP contribution is 2.49. The van der Waals surface area contributed by atoms with Crippen LogP contribution in [0, 0.1) is 11.6 Å². The maximum absolute atomic E-state index is 14.7. The van der Waals surface area contributed by atoms with Crippen LogP contribution in [0.2, 0.25) is 0 Å². The second-order valence-electron chi connectivity index (χ2n) is 7.74. The first-order chi connectivity index (χ1) is 15.3. The number of carbonyl (C=O) groups excluding carboxylic acids is 1. The van der Waals surface area contributed by atoms with Crippen molar-refractivity contribution in [1.82, 2.24) is 9.78 Å². The summed E-state index contributed by atoms with van der Waals surface area (Å²) >= 11 is 1.10. The third-order valence-electron chi connectivity index (χ3n) is 5.83. The maximum Gasteiger partial charge on any atom is 0.265 e. The highest BCUT2D eigenvalue weighted by molar-refractivity contribution is 8.02. The fourth-order valence-electron chi connectivity index (χ4n) is 4.15. The molecule has 8 nitrogen and oxygen atoms in total. The van der Waals surface area contributed by atoms with E-state index in [1.807, 2.05) is 0 Å². The van der Waals surface area contributed by atoms with E-state index in [0.29, 0.717) is 24.2 Å². The van der Waals surface area contributed by atoms with Crippen LogP contribution in [-0.4, -0.2) is 41.6 Å². The number of aryl methyl sites for hydroxylation is 1. The van der Waals surface area contributed by atoms with Crippen LogP contribution in [0.15, 0.2) is 35.5 Å². The third-order valence-corrected chi connectivity index (χ3v) is 6.90. The van der Waals surface area contributed by atoms with Crippen molar-refractivity contribution in [1.29, 1.82) is 0 Å².